The average Bonchev–Trinajstić information content (AvgIpc) is 2.91. The van der Waals surface area contributed by atoms with E-state index in [0.29, 0.717) is 11.3 Å². The van der Waals surface area contributed by atoms with Gasteiger partial charge in [-0.3, -0.25) is 0 Å². The van der Waals surface area contributed by atoms with Crippen LogP contribution in [0, 0.1) is 17.1 Å². The molecule has 1 N–H and O–H groups in total. The maximum Gasteiger partial charge on any atom is 0.124 e. The summed E-state index contributed by atoms with van der Waals surface area (Å²) < 4.78 is 18.3. The van der Waals surface area contributed by atoms with E-state index in [1.807, 2.05) is 25.1 Å². The SMILES string of the molecule is CC(CCc1ccco1)Nc1ccc(F)cc1C#N. The number of hydrogen-bond acceptors (Lipinski definition) is 3. The molecule has 3 nitrogen and oxygen atoms in total. The molecular formula is C15H15FN2O. The van der Waals surface area contributed by atoms with Crippen molar-refractivity contribution in [1.29, 1.82) is 5.26 Å². The Bertz CT molecular complexity index is 572. The number of nitrogens with zero attached hydrogens (tertiary/aromatic N) is 1. The lowest BCUT2D eigenvalue weighted by atomic mass is 10.1. The Morgan fingerprint density at radius 3 is 2.95 bits per heavy atom. The number of nitrogens with one attached hydrogen (secondary N) is 1. The van der Waals surface area contributed by atoms with Crippen LogP contribution in [0.4, 0.5) is 10.1 Å². The van der Waals surface area contributed by atoms with Crippen molar-refractivity contribution >= 4 is 5.69 Å². The number of nitriles is 1. The summed E-state index contributed by atoms with van der Waals surface area (Å²) in [6.07, 6.45) is 3.35. The second-order valence-corrected chi connectivity index (χ2v) is 4.47. The molecule has 0 fully saturated rings. The van der Waals surface area contributed by atoms with E-state index in [0.717, 1.165) is 18.6 Å². The normalized spacial score (nSPS) is 11.8. The molecule has 2 aromatic rings. The van der Waals surface area contributed by atoms with Crippen LogP contribution in [0.15, 0.2) is 41.0 Å². The lowest BCUT2D eigenvalue weighted by Gasteiger charge is -2.15. The highest BCUT2D eigenvalue weighted by Gasteiger charge is 2.08. The van der Waals surface area contributed by atoms with Crippen LogP contribution in [0.1, 0.15) is 24.7 Å². The Labute approximate surface area is 111 Å². The van der Waals surface area contributed by atoms with Crippen molar-refractivity contribution in [3.05, 3.63) is 53.7 Å². The molecule has 0 aliphatic heterocycles. The Hall–Kier alpha value is -2.28. The van der Waals surface area contributed by atoms with Crippen LogP contribution in [0.25, 0.3) is 0 Å². The first-order chi connectivity index (χ1) is 9.19. The fourth-order valence-electron chi connectivity index (χ4n) is 1.89. The number of furan rings is 1. The molecule has 98 valence electrons. The molecule has 1 aromatic heterocycles. The summed E-state index contributed by atoms with van der Waals surface area (Å²) >= 11 is 0. The van der Waals surface area contributed by atoms with Gasteiger partial charge in [0, 0.05) is 12.5 Å². The van der Waals surface area contributed by atoms with Crippen molar-refractivity contribution in [2.75, 3.05) is 5.32 Å². The highest BCUT2D eigenvalue weighted by atomic mass is 19.1. The van der Waals surface area contributed by atoms with Gasteiger partial charge in [0.15, 0.2) is 0 Å². The van der Waals surface area contributed by atoms with Crippen LogP contribution < -0.4 is 5.32 Å². The zero-order valence-corrected chi connectivity index (χ0v) is 10.7. The van der Waals surface area contributed by atoms with Gasteiger partial charge < -0.3 is 9.73 Å². The largest absolute Gasteiger partial charge is 0.469 e. The highest BCUT2D eigenvalue weighted by molar-refractivity contribution is 5.57. The summed E-state index contributed by atoms with van der Waals surface area (Å²) in [5.74, 6) is 0.540. The number of benzene rings is 1. The van der Waals surface area contributed by atoms with E-state index in [-0.39, 0.29) is 6.04 Å². The Kier molecular flexibility index (Phi) is 4.19. The molecule has 2 rings (SSSR count). The molecule has 0 spiro atoms. The maximum absolute atomic E-state index is 13.0. The van der Waals surface area contributed by atoms with E-state index in [9.17, 15) is 4.39 Å². The van der Waals surface area contributed by atoms with Gasteiger partial charge >= 0.3 is 0 Å². The number of anilines is 1. The second-order valence-electron chi connectivity index (χ2n) is 4.47. The van der Waals surface area contributed by atoms with Crippen LogP contribution in [-0.4, -0.2) is 6.04 Å². The molecule has 0 bridgehead atoms. The van der Waals surface area contributed by atoms with E-state index >= 15 is 0 Å². The van der Waals surface area contributed by atoms with Crippen LogP contribution in [0.2, 0.25) is 0 Å². The predicted molar refractivity (Wildman–Crippen MR) is 71.2 cm³/mol. The number of aryl methyl sites for hydroxylation is 1. The fraction of sp³-hybridized carbons (Fsp3) is 0.267. The van der Waals surface area contributed by atoms with Crippen LogP contribution in [-0.2, 0) is 6.42 Å². The first-order valence-electron chi connectivity index (χ1n) is 6.17. The van der Waals surface area contributed by atoms with Crippen molar-refractivity contribution < 1.29 is 8.81 Å². The van der Waals surface area contributed by atoms with Crippen molar-refractivity contribution in [3.8, 4) is 6.07 Å². The maximum atomic E-state index is 13.0. The van der Waals surface area contributed by atoms with Gasteiger partial charge in [-0.05, 0) is 43.7 Å². The van der Waals surface area contributed by atoms with Gasteiger partial charge in [0.2, 0.25) is 0 Å². The smallest absolute Gasteiger partial charge is 0.124 e. The molecule has 1 aromatic carbocycles. The van der Waals surface area contributed by atoms with Gasteiger partial charge in [-0.2, -0.15) is 5.26 Å². The van der Waals surface area contributed by atoms with Crippen LogP contribution in [0.5, 0.6) is 0 Å². The van der Waals surface area contributed by atoms with Crippen molar-refractivity contribution in [3.63, 3.8) is 0 Å². The Morgan fingerprint density at radius 1 is 1.42 bits per heavy atom. The summed E-state index contributed by atoms with van der Waals surface area (Å²) in [5, 5.41) is 12.2. The molecule has 19 heavy (non-hydrogen) atoms. The zero-order chi connectivity index (χ0) is 13.7. The first-order valence-corrected chi connectivity index (χ1v) is 6.17. The zero-order valence-electron chi connectivity index (χ0n) is 10.7. The quantitative estimate of drug-likeness (QED) is 0.889. The third-order valence-electron chi connectivity index (χ3n) is 2.91. The monoisotopic (exact) mass is 258 g/mol. The number of hydrogen-bond donors (Lipinski definition) is 1. The molecule has 0 saturated heterocycles. The Morgan fingerprint density at radius 2 is 2.26 bits per heavy atom. The number of halogens is 1. The van der Waals surface area contributed by atoms with Crippen molar-refractivity contribution in [2.45, 2.75) is 25.8 Å². The van der Waals surface area contributed by atoms with Crippen LogP contribution >= 0.6 is 0 Å². The molecule has 0 aliphatic rings. The van der Waals surface area contributed by atoms with E-state index in [2.05, 4.69) is 5.32 Å². The standard InChI is InChI=1S/C15H15FN2O/c1-11(4-6-14-3-2-8-19-14)18-15-7-5-13(16)9-12(15)10-17/h2-3,5,7-9,11,18H,4,6H2,1H3. The summed E-state index contributed by atoms with van der Waals surface area (Å²) in [4.78, 5) is 0. The molecule has 0 aliphatic carbocycles. The van der Waals surface area contributed by atoms with Gasteiger partial charge in [0.25, 0.3) is 0 Å². The van der Waals surface area contributed by atoms with Crippen molar-refractivity contribution in [2.24, 2.45) is 0 Å². The van der Waals surface area contributed by atoms with Gasteiger partial charge in [-0.1, -0.05) is 0 Å². The first kappa shape index (κ1) is 13.2. The fourth-order valence-corrected chi connectivity index (χ4v) is 1.89. The lowest BCUT2D eigenvalue weighted by molar-refractivity contribution is 0.495. The minimum Gasteiger partial charge on any atom is -0.469 e. The molecule has 1 heterocycles. The minimum absolute atomic E-state index is 0.169. The summed E-state index contributed by atoms with van der Waals surface area (Å²) in [5.41, 5.74) is 0.987. The summed E-state index contributed by atoms with van der Waals surface area (Å²) in [6, 6.07) is 10.1. The molecule has 0 saturated carbocycles. The lowest BCUT2D eigenvalue weighted by Crippen LogP contribution is -2.16. The molecular weight excluding hydrogens is 243 g/mol. The molecule has 0 amide bonds. The topological polar surface area (TPSA) is 49.0 Å². The van der Waals surface area contributed by atoms with Crippen LogP contribution in [0.3, 0.4) is 0 Å². The van der Waals surface area contributed by atoms with Gasteiger partial charge in [-0.25, -0.2) is 4.39 Å². The molecule has 4 heteroatoms. The average molecular weight is 258 g/mol. The van der Waals surface area contributed by atoms with E-state index in [1.165, 1.54) is 12.1 Å². The van der Waals surface area contributed by atoms with E-state index in [4.69, 9.17) is 9.68 Å². The van der Waals surface area contributed by atoms with Gasteiger partial charge in [-0.15, -0.1) is 0 Å². The molecule has 1 unspecified atom stereocenters. The molecule has 0 radical (unpaired) electrons. The van der Waals surface area contributed by atoms with Gasteiger partial charge in [0.1, 0.15) is 17.6 Å². The minimum atomic E-state index is -0.398. The van der Waals surface area contributed by atoms with Crippen molar-refractivity contribution in [1.82, 2.24) is 0 Å². The summed E-state index contributed by atoms with van der Waals surface area (Å²) in [6.45, 7) is 2.02. The highest BCUT2D eigenvalue weighted by Crippen LogP contribution is 2.18. The number of rotatable bonds is 5. The van der Waals surface area contributed by atoms with E-state index in [1.54, 1.807) is 12.3 Å². The summed E-state index contributed by atoms with van der Waals surface area (Å²) in [7, 11) is 0. The molecule has 1 atom stereocenters. The van der Waals surface area contributed by atoms with Gasteiger partial charge in [0.05, 0.1) is 17.5 Å². The predicted octanol–water partition coefficient (Wildman–Crippen LogP) is 3.72. The third kappa shape index (κ3) is 3.59. The third-order valence-corrected chi connectivity index (χ3v) is 2.91. The second kappa shape index (κ2) is 6.05. The Balaban J connectivity index is 1.95. The van der Waals surface area contributed by atoms with E-state index < -0.39 is 5.82 Å².